The van der Waals surface area contributed by atoms with Crippen molar-refractivity contribution in [1.82, 2.24) is 5.32 Å². The molecule has 1 fully saturated rings. The third kappa shape index (κ3) is 3.51. The average Bonchev–Trinajstić information content (AvgIpc) is 2.60. The number of aliphatic imine (C=N–C) groups is 1. The van der Waals surface area contributed by atoms with Crippen LogP contribution in [0.2, 0.25) is 0 Å². The van der Waals surface area contributed by atoms with Crippen LogP contribution in [-0.2, 0) is 4.74 Å². The van der Waals surface area contributed by atoms with Gasteiger partial charge >= 0.3 is 0 Å². The zero-order valence-corrected chi connectivity index (χ0v) is 8.62. The van der Waals surface area contributed by atoms with Gasteiger partial charge in [-0.3, -0.25) is 4.99 Å². The smallest absolute Gasteiger partial charge is 0.188 e. The molecule has 0 aromatic carbocycles. The normalized spacial score (nSPS) is 28.0. The molecule has 0 amide bonds. The van der Waals surface area contributed by atoms with Gasteiger partial charge in [-0.05, 0) is 6.42 Å². The molecule has 1 aliphatic rings. The van der Waals surface area contributed by atoms with E-state index in [0.29, 0.717) is 32.1 Å². The third-order valence-electron chi connectivity index (χ3n) is 2.18. The molecule has 1 unspecified atom stereocenters. The Bertz CT molecular complexity index is 200. The number of rotatable bonds is 4. The van der Waals surface area contributed by atoms with Gasteiger partial charge in [-0.25, -0.2) is 0 Å². The maximum atomic E-state index is 9.85. The molecular formula is C9H19N3O2. The molecular weight excluding hydrogens is 182 g/mol. The van der Waals surface area contributed by atoms with Crippen molar-refractivity contribution in [3.05, 3.63) is 0 Å². The van der Waals surface area contributed by atoms with Crippen molar-refractivity contribution in [2.45, 2.75) is 25.4 Å². The fourth-order valence-electron chi connectivity index (χ4n) is 1.26. The van der Waals surface area contributed by atoms with E-state index in [2.05, 4.69) is 17.2 Å². The lowest BCUT2D eigenvalue weighted by Crippen LogP contribution is -2.37. The van der Waals surface area contributed by atoms with Gasteiger partial charge in [0, 0.05) is 19.6 Å². The van der Waals surface area contributed by atoms with Crippen LogP contribution in [0.3, 0.4) is 0 Å². The fraction of sp³-hybridized carbons (Fsp3) is 0.889. The Morgan fingerprint density at radius 1 is 1.71 bits per heavy atom. The molecule has 4 N–H and O–H groups in total. The highest BCUT2D eigenvalue weighted by molar-refractivity contribution is 5.77. The highest BCUT2D eigenvalue weighted by atomic mass is 16.5. The van der Waals surface area contributed by atoms with Crippen LogP contribution >= 0.6 is 0 Å². The molecule has 0 aromatic heterocycles. The monoisotopic (exact) mass is 201 g/mol. The number of nitrogens with zero attached hydrogens (tertiary/aromatic N) is 1. The third-order valence-corrected chi connectivity index (χ3v) is 2.18. The van der Waals surface area contributed by atoms with Gasteiger partial charge in [-0.15, -0.1) is 0 Å². The van der Waals surface area contributed by atoms with Crippen molar-refractivity contribution in [1.29, 1.82) is 0 Å². The lowest BCUT2D eigenvalue weighted by atomic mass is 10.0. The molecule has 1 rings (SSSR count). The van der Waals surface area contributed by atoms with Crippen LogP contribution in [-0.4, -0.2) is 43.0 Å². The second-order valence-corrected chi connectivity index (χ2v) is 3.66. The summed E-state index contributed by atoms with van der Waals surface area (Å²) in [5.74, 6) is 0.396. The summed E-state index contributed by atoms with van der Waals surface area (Å²) in [5.41, 5.74) is 4.78. The first-order valence-corrected chi connectivity index (χ1v) is 5.00. The number of aliphatic hydroxyl groups is 1. The minimum Gasteiger partial charge on any atom is -0.385 e. The summed E-state index contributed by atoms with van der Waals surface area (Å²) in [6.07, 6.45) is 1.64. The first kappa shape index (κ1) is 11.3. The van der Waals surface area contributed by atoms with Gasteiger partial charge in [0.05, 0.1) is 13.2 Å². The van der Waals surface area contributed by atoms with Crippen molar-refractivity contribution < 1.29 is 9.84 Å². The van der Waals surface area contributed by atoms with Gasteiger partial charge in [0.1, 0.15) is 5.60 Å². The number of hydrogen-bond donors (Lipinski definition) is 3. The fourth-order valence-corrected chi connectivity index (χ4v) is 1.26. The molecule has 14 heavy (non-hydrogen) atoms. The minimum absolute atomic E-state index is 0.315. The van der Waals surface area contributed by atoms with E-state index in [0.717, 1.165) is 13.0 Å². The van der Waals surface area contributed by atoms with Gasteiger partial charge < -0.3 is 20.9 Å². The van der Waals surface area contributed by atoms with Gasteiger partial charge in [0.2, 0.25) is 0 Å². The number of nitrogens with one attached hydrogen (secondary N) is 1. The number of ether oxygens (including phenoxy) is 1. The molecule has 1 atom stereocenters. The molecule has 0 bridgehead atoms. The van der Waals surface area contributed by atoms with Crippen molar-refractivity contribution in [3.63, 3.8) is 0 Å². The molecule has 5 nitrogen and oxygen atoms in total. The summed E-state index contributed by atoms with van der Waals surface area (Å²) >= 11 is 0. The van der Waals surface area contributed by atoms with Gasteiger partial charge in [-0.1, -0.05) is 6.92 Å². The highest BCUT2D eigenvalue weighted by Gasteiger charge is 2.31. The van der Waals surface area contributed by atoms with Crippen LogP contribution in [0.25, 0.3) is 0 Å². The standard InChI is InChI=1S/C9H19N3O2/c1-2-4-11-8(10)12-6-9(13)3-5-14-7-9/h13H,2-7H2,1H3,(H3,10,11,12). The lowest BCUT2D eigenvalue weighted by molar-refractivity contribution is 0.0349. The van der Waals surface area contributed by atoms with Crippen LogP contribution in [0.5, 0.6) is 0 Å². The predicted octanol–water partition coefficient (Wildman–Crippen LogP) is -0.548. The maximum Gasteiger partial charge on any atom is 0.188 e. The van der Waals surface area contributed by atoms with E-state index in [4.69, 9.17) is 10.5 Å². The molecule has 0 saturated carbocycles. The summed E-state index contributed by atoms with van der Waals surface area (Å²) in [5, 5.41) is 12.8. The van der Waals surface area contributed by atoms with Crippen molar-refractivity contribution in [2.24, 2.45) is 10.7 Å². The summed E-state index contributed by atoms with van der Waals surface area (Å²) in [4.78, 5) is 4.07. The second-order valence-electron chi connectivity index (χ2n) is 3.66. The molecule has 0 radical (unpaired) electrons. The van der Waals surface area contributed by atoms with E-state index >= 15 is 0 Å². The Morgan fingerprint density at radius 2 is 2.50 bits per heavy atom. The molecule has 82 valence electrons. The molecule has 1 heterocycles. The number of hydrogen-bond acceptors (Lipinski definition) is 3. The van der Waals surface area contributed by atoms with E-state index in [1.54, 1.807) is 0 Å². The predicted molar refractivity (Wildman–Crippen MR) is 55.2 cm³/mol. The topological polar surface area (TPSA) is 79.9 Å². The Hall–Kier alpha value is -0.810. The molecule has 1 aliphatic heterocycles. The van der Waals surface area contributed by atoms with E-state index in [9.17, 15) is 5.11 Å². The van der Waals surface area contributed by atoms with E-state index < -0.39 is 5.60 Å². The SMILES string of the molecule is CCCNC(N)=NCC1(O)CCOC1. The quantitative estimate of drug-likeness (QED) is 0.421. The Labute approximate surface area is 84.3 Å². The van der Waals surface area contributed by atoms with Crippen LogP contribution in [0.4, 0.5) is 0 Å². The highest BCUT2D eigenvalue weighted by Crippen LogP contribution is 2.18. The van der Waals surface area contributed by atoms with Crippen molar-refractivity contribution in [2.75, 3.05) is 26.3 Å². The van der Waals surface area contributed by atoms with Crippen LogP contribution in [0, 0.1) is 0 Å². The van der Waals surface area contributed by atoms with E-state index in [1.807, 2.05) is 0 Å². The first-order valence-electron chi connectivity index (χ1n) is 5.00. The molecule has 0 aliphatic carbocycles. The summed E-state index contributed by atoms with van der Waals surface area (Å²) in [7, 11) is 0. The Kier molecular flexibility index (Phi) is 4.16. The maximum absolute atomic E-state index is 9.85. The van der Waals surface area contributed by atoms with E-state index in [1.165, 1.54) is 0 Å². The zero-order valence-electron chi connectivity index (χ0n) is 8.62. The Morgan fingerprint density at radius 3 is 3.07 bits per heavy atom. The number of nitrogens with two attached hydrogens (primary N) is 1. The van der Waals surface area contributed by atoms with Crippen LogP contribution in [0.15, 0.2) is 4.99 Å². The number of guanidine groups is 1. The first-order chi connectivity index (χ1) is 6.66. The van der Waals surface area contributed by atoms with Gasteiger partial charge in [0.15, 0.2) is 5.96 Å². The van der Waals surface area contributed by atoms with E-state index in [-0.39, 0.29) is 0 Å². The minimum atomic E-state index is -0.807. The molecule has 5 heteroatoms. The Balaban J connectivity index is 2.29. The van der Waals surface area contributed by atoms with Crippen LogP contribution < -0.4 is 11.1 Å². The second kappa shape index (κ2) is 5.17. The van der Waals surface area contributed by atoms with Crippen molar-refractivity contribution >= 4 is 5.96 Å². The van der Waals surface area contributed by atoms with Crippen molar-refractivity contribution in [3.8, 4) is 0 Å². The van der Waals surface area contributed by atoms with Crippen LogP contribution in [0.1, 0.15) is 19.8 Å². The largest absolute Gasteiger partial charge is 0.385 e. The summed E-state index contributed by atoms with van der Waals surface area (Å²) in [6.45, 7) is 4.14. The summed E-state index contributed by atoms with van der Waals surface area (Å²) < 4.78 is 5.09. The molecule has 0 aromatic rings. The summed E-state index contributed by atoms with van der Waals surface area (Å²) in [6, 6.07) is 0. The van der Waals surface area contributed by atoms with Gasteiger partial charge in [0.25, 0.3) is 0 Å². The zero-order chi connectivity index (χ0) is 10.4. The lowest BCUT2D eigenvalue weighted by Gasteiger charge is -2.17. The molecule has 0 spiro atoms. The average molecular weight is 201 g/mol. The molecule has 1 saturated heterocycles. The van der Waals surface area contributed by atoms with Gasteiger partial charge in [-0.2, -0.15) is 0 Å².